The number of carbonyl (C=O) groups is 1. The van der Waals surface area contributed by atoms with Crippen molar-refractivity contribution < 1.29 is 13.9 Å². The number of hydrogen-bond donors (Lipinski definition) is 0. The van der Waals surface area contributed by atoms with Crippen LogP contribution in [0.1, 0.15) is 16.1 Å². The molecule has 0 saturated carbocycles. The fraction of sp³-hybridized carbons (Fsp3) is 0.353. The molecule has 23 heavy (non-hydrogen) atoms. The van der Waals surface area contributed by atoms with E-state index in [0.29, 0.717) is 12.3 Å². The lowest BCUT2D eigenvalue weighted by atomic mass is 10.2. The molecule has 0 radical (unpaired) electrons. The number of benzene rings is 1. The Balaban J connectivity index is 1.59. The molecule has 0 atom stereocenters. The van der Waals surface area contributed by atoms with Gasteiger partial charge in [0.15, 0.2) is 0 Å². The first kappa shape index (κ1) is 15.9. The van der Waals surface area contributed by atoms with Gasteiger partial charge in [0.1, 0.15) is 0 Å². The molecule has 0 bridgehead atoms. The summed E-state index contributed by atoms with van der Waals surface area (Å²) >= 11 is 6.06. The number of anilines is 1. The van der Waals surface area contributed by atoms with Crippen molar-refractivity contribution in [2.45, 2.75) is 6.54 Å². The van der Waals surface area contributed by atoms with E-state index in [2.05, 4.69) is 15.9 Å². The molecule has 5 nitrogen and oxygen atoms in total. The monoisotopic (exact) mass is 334 g/mol. The highest BCUT2D eigenvalue weighted by Crippen LogP contribution is 2.22. The molecule has 2 aromatic rings. The zero-order chi connectivity index (χ0) is 16.2. The van der Waals surface area contributed by atoms with Crippen molar-refractivity contribution in [3.05, 3.63) is 52.9 Å². The molecule has 122 valence electrons. The Labute approximate surface area is 140 Å². The first-order valence-corrected chi connectivity index (χ1v) is 7.92. The average molecular weight is 335 g/mol. The normalized spacial score (nSPS) is 15.7. The van der Waals surface area contributed by atoms with Gasteiger partial charge in [0.25, 0.3) is 0 Å². The predicted molar refractivity (Wildman–Crippen MR) is 89.0 cm³/mol. The van der Waals surface area contributed by atoms with Crippen LogP contribution in [0.15, 0.2) is 41.0 Å². The number of halogens is 1. The van der Waals surface area contributed by atoms with Gasteiger partial charge in [0.2, 0.25) is 5.76 Å². The second kappa shape index (κ2) is 7.06. The van der Waals surface area contributed by atoms with Crippen LogP contribution in [0.25, 0.3) is 0 Å². The molecule has 1 fully saturated rings. The minimum Gasteiger partial charge on any atom is -0.463 e. The van der Waals surface area contributed by atoms with Crippen LogP contribution in [0.2, 0.25) is 5.02 Å². The van der Waals surface area contributed by atoms with Crippen LogP contribution in [0.5, 0.6) is 0 Å². The van der Waals surface area contributed by atoms with Crippen LogP contribution < -0.4 is 4.90 Å². The number of methoxy groups -OCH3 is 1. The van der Waals surface area contributed by atoms with Crippen LogP contribution >= 0.6 is 11.6 Å². The Morgan fingerprint density at radius 2 is 2.04 bits per heavy atom. The highest BCUT2D eigenvalue weighted by molar-refractivity contribution is 6.30. The number of esters is 1. The lowest BCUT2D eigenvalue weighted by Gasteiger charge is -2.36. The third kappa shape index (κ3) is 3.68. The summed E-state index contributed by atoms with van der Waals surface area (Å²) in [5, 5.41) is 0.756. The molecule has 1 aromatic heterocycles. The number of piperazine rings is 1. The lowest BCUT2D eigenvalue weighted by molar-refractivity contribution is 0.0561. The number of carbonyl (C=O) groups excluding carboxylic acids is 1. The maximum Gasteiger partial charge on any atom is 0.374 e. The van der Waals surface area contributed by atoms with E-state index in [1.165, 1.54) is 13.4 Å². The molecule has 1 aromatic carbocycles. The van der Waals surface area contributed by atoms with Crippen molar-refractivity contribution in [3.8, 4) is 0 Å². The fourth-order valence-electron chi connectivity index (χ4n) is 2.81. The molecule has 0 aliphatic carbocycles. The molecule has 1 aliphatic heterocycles. The molecule has 0 amide bonds. The molecule has 1 saturated heterocycles. The van der Waals surface area contributed by atoms with E-state index in [9.17, 15) is 4.79 Å². The smallest absolute Gasteiger partial charge is 0.374 e. The van der Waals surface area contributed by atoms with Gasteiger partial charge in [-0.25, -0.2) is 4.79 Å². The first-order valence-electron chi connectivity index (χ1n) is 7.55. The molecular formula is C17H19ClN2O3. The Morgan fingerprint density at radius 3 is 2.74 bits per heavy atom. The van der Waals surface area contributed by atoms with Crippen LogP contribution in [-0.2, 0) is 11.3 Å². The zero-order valence-corrected chi connectivity index (χ0v) is 13.8. The second-order valence-electron chi connectivity index (χ2n) is 5.51. The van der Waals surface area contributed by atoms with Crippen LogP contribution in [0, 0.1) is 0 Å². The van der Waals surface area contributed by atoms with E-state index < -0.39 is 5.97 Å². The number of rotatable bonds is 4. The molecular weight excluding hydrogens is 316 g/mol. The zero-order valence-electron chi connectivity index (χ0n) is 13.0. The maximum atomic E-state index is 11.7. The van der Waals surface area contributed by atoms with Gasteiger partial charge < -0.3 is 14.1 Å². The topological polar surface area (TPSA) is 45.9 Å². The number of furan rings is 1. The standard InChI is InChI=1S/C17H19ClN2O3/c1-22-17(21)16-13(5-10-23-16)12-19-6-8-20(9-7-19)15-4-2-3-14(18)11-15/h2-5,10-11H,6-9,12H2,1H3. The van der Waals surface area contributed by atoms with Gasteiger partial charge in [0.05, 0.1) is 13.4 Å². The Hall–Kier alpha value is -1.98. The highest BCUT2D eigenvalue weighted by atomic mass is 35.5. The summed E-state index contributed by atoms with van der Waals surface area (Å²) in [5.41, 5.74) is 2.02. The summed E-state index contributed by atoms with van der Waals surface area (Å²) in [5.74, 6) is -0.132. The van der Waals surface area contributed by atoms with Crippen LogP contribution in [0.3, 0.4) is 0 Å². The van der Waals surface area contributed by atoms with Gasteiger partial charge in [-0.2, -0.15) is 0 Å². The maximum absolute atomic E-state index is 11.7. The molecule has 2 heterocycles. The van der Waals surface area contributed by atoms with Gasteiger partial charge in [-0.1, -0.05) is 17.7 Å². The average Bonchev–Trinajstić information content (AvgIpc) is 3.03. The largest absolute Gasteiger partial charge is 0.463 e. The SMILES string of the molecule is COC(=O)c1occc1CN1CCN(c2cccc(Cl)c2)CC1. The van der Waals surface area contributed by atoms with Gasteiger partial charge >= 0.3 is 5.97 Å². The van der Waals surface area contributed by atoms with E-state index >= 15 is 0 Å². The molecule has 3 rings (SSSR count). The minimum atomic E-state index is -0.428. The quantitative estimate of drug-likeness (QED) is 0.804. The lowest BCUT2D eigenvalue weighted by Crippen LogP contribution is -2.46. The molecule has 6 heteroatoms. The molecule has 0 unspecified atom stereocenters. The van der Waals surface area contributed by atoms with Crippen LogP contribution in [0.4, 0.5) is 5.69 Å². The highest BCUT2D eigenvalue weighted by Gasteiger charge is 2.21. The van der Waals surface area contributed by atoms with Crippen molar-refractivity contribution in [1.82, 2.24) is 4.90 Å². The van der Waals surface area contributed by atoms with Crippen molar-refractivity contribution in [2.75, 3.05) is 38.2 Å². The second-order valence-corrected chi connectivity index (χ2v) is 5.95. The van der Waals surface area contributed by atoms with E-state index in [4.69, 9.17) is 20.8 Å². The third-order valence-electron chi connectivity index (χ3n) is 4.06. The van der Waals surface area contributed by atoms with Gasteiger partial charge in [-0.05, 0) is 24.3 Å². The van der Waals surface area contributed by atoms with E-state index in [-0.39, 0.29) is 0 Å². The number of hydrogen-bond acceptors (Lipinski definition) is 5. The van der Waals surface area contributed by atoms with Gasteiger partial charge in [-0.15, -0.1) is 0 Å². The number of nitrogens with zero attached hydrogens (tertiary/aromatic N) is 2. The summed E-state index contributed by atoms with van der Waals surface area (Å²) in [6.45, 7) is 4.36. The van der Waals surface area contributed by atoms with Crippen molar-refractivity contribution in [2.24, 2.45) is 0 Å². The first-order chi connectivity index (χ1) is 11.2. The van der Waals surface area contributed by atoms with Crippen molar-refractivity contribution in [1.29, 1.82) is 0 Å². The summed E-state index contributed by atoms with van der Waals surface area (Å²) in [6, 6.07) is 9.75. The van der Waals surface area contributed by atoms with E-state index in [0.717, 1.165) is 42.5 Å². The Morgan fingerprint density at radius 1 is 1.26 bits per heavy atom. The summed E-state index contributed by atoms with van der Waals surface area (Å²) in [6.07, 6.45) is 1.53. The van der Waals surface area contributed by atoms with E-state index in [1.54, 1.807) is 0 Å². The van der Waals surface area contributed by atoms with E-state index in [1.807, 2.05) is 24.3 Å². The minimum absolute atomic E-state index is 0.296. The summed E-state index contributed by atoms with van der Waals surface area (Å²) in [7, 11) is 1.36. The van der Waals surface area contributed by atoms with Crippen molar-refractivity contribution in [3.63, 3.8) is 0 Å². The number of ether oxygens (including phenoxy) is 1. The molecule has 0 spiro atoms. The predicted octanol–water partition coefficient (Wildman–Crippen LogP) is 3.04. The molecule has 1 aliphatic rings. The Kier molecular flexibility index (Phi) is 4.88. The molecule has 0 N–H and O–H groups in total. The fourth-order valence-corrected chi connectivity index (χ4v) is 2.99. The van der Waals surface area contributed by atoms with Gasteiger partial charge in [0, 0.05) is 49.0 Å². The van der Waals surface area contributed by atoms with Gasteiger partial charge in [-0.3, -0.25) is 4.90 Å². The summed E-state index contributed by atoms with van der Waals surface area (Å²) in [4.78, 5) is 16.3. The summed E-state index contributed by atoms with van der Waals surface area (Å²) < 4.78 is 9.97. The Bertz CT molecular complexity index is 678. The third-order valence-corrected chi connectivity index (χ3v) is 4.29. The van der Waals surface area contributed by atoms with Crippen LogP contribution in [-0.4, -0.2) is 44.2 Å². The van der Waals surface area contributed by atoms with Crippen molar-refractivity contribution >= 4 is 23.3 Å².